The summed E-state index contributed by atoms with van der Waals surface area (Å²) in [6.45, 7) is 2.72. The molecule has 2 aliphatic heterocycles. The summed E-state index contributed by atoms with van der Waals surface area (Å²) in [7, 11) is 0. The Bertz CT molecular complexity index is 475. The number of carbonyl (C=O) groups is 1. The standard InChI is InChI=1S/C14H17BrN2O.ClH/c15-12-3-4-13-10(8-12)5-7-17(13)14(18)11-2-1-6-16-9-11;/h3-4,8,11,16H,1-2,5-7,9H2;1H. The average molecular weight is 346 g/mol. The zero-order chi connectivity index (χ0) is 12.5. The lowest BCUT2D eigenvalue weighted by Crippen LogP contribution is -2.42. The molecule has 19 heavy (non-hydrogen) atoms. The average Bonchev–Trinajstić information content (AvgIpc) is 2.81. The second-order valence-corrected chi connectivity index (χ2v) is 5.97. The van der Waals surface area contributed by atoms with E-state index >= 15 is 0 Å². The second-order valence-electron chi connectivity index (χ2n) is 5.06. The predicted molar refractivity (Wildman–Crippen MR) is 83.0 cm³/mol. The van der Waals surface area contributed by atoms with Crippen molar-refractivity contribution >= 4 is 39.9 Å². The summed E-state index contributed by atoms with van der Waals surface area (Å²) in [6, 6.07) is 6.20. The van der Waals surface area contributed by atoms with Crippen molar-refractivity contribution in [2.45, 2.75) is 19.3 Å². The van der Waals surface area contributed by atoms with Crippen molar-refractivity contribution in [2.24, 2.45) is 5.92 Å². The number of halogens is 2. The number of hydrogen-bond acceptors (Lipinski definition) is 2. The van der Waals surface area contributed by atoms with E-state index in [4.69, 9.17) is 0 Å². The third-order valence-electron chi connectivity index (χ3n) is 3.85. The lowest BCUT2D eigenvalue weighted by Gasteiger charge is -2.27. The minimum absolute atomic E-state index is 0. The first-order valence-electron chi connectivity index (χ1n) is 6.56. The van der Waals surface area contributed by atoms with E-state index in [0.717, 1.165) is 49.1 Å². The van der Waals surface area contributed by atoms with E-state index in [1.165, 1.54) is 5.56 Å². The van der Waals surface area contributed by atoms with E-state index < -0.39 is 0 Å². The number of fused-ring (bicyclic) bond motifs is 1. The Hall–Kier alpha value is -0.580. The van der Waals surface area contributed by atoms with E-state index in [0.29, 0.717) is 5.91 Å². The second kappa shape index (κ2) is 6.25. The summed E-state index contributed by atoms with van der Waals surface area (Å²) in [5.41, 5.74) is 2.38. The summed E-state index contributed by atoms with van der Waals surface area (Å²) in [5.74, 6) is 0.455. The summed E-state index contributed by atoms with van der Waals surface area (Å²) < 4.78 is 1.09. The molecule has 0 aromatic heterocycles. The van der Waals surface area contributed by atoms with Gasteiger partial charge in [-0.3, -0.25) is 4.79 Å². The summed E-state index contributed by atoms with van der Waals surface area (Å²) in [6.07, 6.45) is 3.10. The van der Waals surface area contributed by atoms with Gasteiger partial charge in [0, 0.05) is 23.2 Å². The fourth-order valence-electron chi connectivity index (χ4n) is 2.88. The molecule has 2 heterocycles. The predicted octanol–water partition coefficient (Wildman–Crippen LogP) is 2.76. The monoisotopic (exact) mass is 344 g/mol. The molecule has 1 aromatic carbocycles. The number of benzene rings is 1. The van der Waals surface area contributed by atoms with E-state index in [2.05, 4.69) is 33.4 Å². The van der Waals surface area contributed by atoms with Gasteiger partial charge in [0.2, 0.25) is 5.91 Å². The molecule has 0 aliphatic carbocycles. The van der Waals surface area contributed by atoms with Crippen LogP contribution in [-0.2, 0) is 11.2 Å². The zero-order valence-corrected chi connectivity index (χ0v) is 13.1. The molecule has 1 unspecified atom stereocenters. The number of nitrogens with one attached hydrogen (secondary N) is 1. The Labute approximate surface area is 128 Å². The molecule has 3 rings (SSSR count). The highest BCUT2D eigenvalue weighted by Gasteiger charge is 2.30. The minimum Gasteiger partial charge on any atom is -0.316 e. The quantitative estimate of drug-likeness (QED) is 0.849. The molecule has 104 valence electrons. The normalized spacial score (nSPS) is 21.7. The number of piperidine rings is 1. The van der Waals surface area contributed by atoms with Crippen LogP contribution in [0.25, 0.3) is 0 Å². The zero-order valence-electron chi connectivity index (χ0n) is 10.7. The van der Waals surface area contributed by atoms with Gasteiger partial charge in [-0.15, -0.1) is 12.4 Å². The Balaban J connectivity index is 0.00000133. The number of nitrogens with zero attached hydrogens (tertiary/aromatic N) is 1. The van der Waals surface area contributed by atoms with Gasteiger partial charge in [-0.2, -0.15) is 0 Å². The highest BCUT2D eigenvalue weighted by Crippen LogP contribution is 2.32. The highest BCUT2D eigenvalue weighted by molar-refractivity contribution is 9.10. The molecule has 3 nitrogen and oxygen atoms in total. The first-order chi connectivity index (χ1) is 8.75. The lowest BCUT2D eigenvalue weighted by atomic mass is 9.98. The Morgan fingerprint density at radius 3 is 3.00 bits per heavy atom. The van der Waals surface area contributed by atoms with E-state index in [1.54, 1.807) is 0 Å². The van der Waals surface area contributed by atoms with Crippen molar-refractivity contribution < 1.29 is 4.79 Å². The van der Waals surface area contributed by atoms with Gasteiger partial charge >= 0.3 is 0 Å². The van der Waals surface area contributed by atoms with Gasteiger partial charge in [-0.05, 0) is 49.6 Å². The number of hydrogen-bond donors (Lipinski definition) is 1. The fraction of sp³-hybridized carbons (Fsp3) is 0.500. The molecule has 1 fully saturated rings. The molecule has 5 heteroatoms. The molecule has 1 aromatic rings. The SMILES string of the molecule is Cl.O=C(C1CCCNC1)N1CCc2cc(Br)ccc21. The molecule has 1 saturated heterocycles. The number of anilines is 1. The molecule has 0 bridgehead atoms. The molecule has 0 spiro atoms. The molecule has 1 N–H and O–H groups in total. The largest absolute Gasteiger partial charge is 0.316 e. The van der Waals surface area contributed by atoms with Crippen molar-refractivity contribution in [1.29, 1.82) is 0 Å². The summed E-state index contributed by atoms with van der Waals surface area (Å²) in [5, 5.41) is 3.32. The maximum absolute atomic E-state index is 12.5. The van der Waals surface area contributed by atoms with Crippen LogP contribution >= 0.6 is 28.3 Å². The van der Waals surface area contributed by atoms with Crippen LogP contribution in [0.5, 0.6) is 0 Å². The summed E-state index contributed by atoms with van der Waals surface area (Å²) in [4.78, 5) is 14.5. The molecule has 2 aliphatic rings. The van der Waals surface area contributed by atoms with Crippen LogP contribution in [0, 0.1) is 5.92 Å². The topological polar surface area (TPSA) is 32.3 Å². The van der Waals surface area contributed by atoms with Crippen LogP contribution in [0.2, 0.25) is 0 Å². The van der Waals surface area contributed by atoms with Crippen LogP contribution in [0.15, 0.2) is 22.7 Å². The van der Waals surface area contributed by atoms with Crippen LogP contribution in [0.4, 0.5) is 5.69 Å². The van der Waals surface area contributed by atoms with Crippen molar-refractivity contribution in [3.63, 3.8) is 0 Å². The van der Waals surface area contributed by atoms with Crippen molar-refractivity contribution in [1.82, 2.24) is 5.32 Å². The van der Waals surface area contributed by atoms with E-state index in [-0.39, 0.29) is 18.3 Å². The Kier molecular flexibility index (Phi) is 4.87. The molecule has 1 atom stereocenters. The molecule has 0 saturated carbocycles. The fourth-order valence-corrected chi connectivity index (χ4v) is 3.29. The van der Waals surface area contributed by atoms with Crippen LogP contribution in [-0.4, -0.2) is 25.5 Å². The highest BCUT2D eigenvalue weighted by atomic mass is 79.9. The molecule has 0 radical (unpaired) electrons. The van der Waals surface area contributed by atoms with Gasteiger partial charge in [-0.1, -0.05) is 15.9 Å². The van der Waals surface area contributed by atoms with Crippen molar-refractivity contribution in [3.8, 4) is 0 Å². The first-order valence-corrected chi connectivity index (χ1v) is 7.35. The number of amides is 1. The third-order valence-corrected chi connectivity index (χ3v) is 4.34. The van der Waals surface area contributed by atoms with Gasteiger partial charge in [0.25, 0.3) is 0 Å². The number of rotatable bonds is 1. The minimum atomic E-state index is 0. The molecular weight excluding hydrogens is 328 g/mol. The van der Waals surface area contributed by atoms with Gasteiger partial charge in [-0.25, -0.2) is 0 Å². The lowest BCUT2D eigenvalue weighted by molar-refractivity contribution is -0.122. The summed E-state index contributed by atoms with van der Waals surface area (Å²) >= 11 is 3.49. The van der Waals surface area contributed by atoms with Gasteiger partial charge in [0.1, 0.15) is 0 Å². The van der Waals surface area contributed by atoms with Crippen LogP contribution in [0.3, 0.4) is 0 Å². The van der Waals surface area contributed by atoms with Crippen LogP contribution < -0.4 is 10.2 Å². The Morgan fingerprint density at radius 1 is 1.42 bits per heavy atom. The van der Waals surface area contributed by atoms with Crippen LogP contribution in [0.1, 0.15) is 18.4 Å². The van der Waals surface area contributed by atoms with Gasteiger partial charge < -0.3 is 10.2 Å². The molecule has 1 amide bonds. The smallest absolute Gasteiger partial charge is 0.231 e. The Morgan fingerprint density at radius 2 is 2.26 bits per heavy atom. The van der Waals surface area contributed by atoms with Crippen molar-refractivity contribution in [3.05, 3.63) is 28.2 Å². The van der Waals surface area contributed by atoms with Gasteiger partial charge in [0.15, 0.2) is 0 Å². The maximum atomic E-state index is 12.5. The van der Waals surface area contributed by atoms with E-state index in [9.17, 15) is 4.79 Å². The maximum Gasteiger partial charge on any atom is 0.231 e. The van der Waals surface area contributed by atoms with E-state index in [1.807, 2.05) is 11.0 Å². The van der Waals surface area contributed by atoms with Gasteiger partial charge in [0.05, 0.1) is 5.92 Å². The third kappa shape index (κ3) is 2.96. The van der Waals surface area contributed by atoms with Crippen molar-refractivity contribution in [2.75, 3.05) is 24.5 Å². The molecular formula is C14H18BrClN2O. The number of carbonyl (C=O) groups excluding carboxylic acids is 1. The first kappa shape index (κ1) is 14.8.